The lowest BCUT2D eigenvalue weighted by Gasteiger charge is -2.70. The van der Waals surface area contributed by atoms with Gasteiger partial charge in [-0.25, -0.2) is 9.69 Å². The number of hydrogen-bond donors (Lipinski definition) is 3. The van der Waals surface area contributed by atoms with Gasteiger partial charge >= 0.3 is 5.97 Å². The highest BCUT2D eigenvalue weighted by atomic mass is 35.7. The number of benzene rings is 1. The van der Waals surface area contributed by atoms with Gasteiger partial charge in [-0.2, -0.15) is 14.0 Å². The van der Waals surface area contributed by atoms with Crippen LogP contribution in [0.5, 0.6) is 0 Å². The summed E-state index contributed by atoms with van der Waals surface area (Å²) in [6, 6.07) is 6.11. The number of likely N-dealkylation sites (N-methyl/N-ethyl adjacent to an activating group) is 1. The average Bonchev–Trinajstić information content (AvgIpc) is 3.69. The molecule has 0 radical (unpaired) electrons. The van der Waals surface area contributed by atoms with Gasteiger partial charge in [-0.3, -0.25) is 14.5 Å². The molecule has 8 rings (SSSR count). The van der Waals surface area contributed by atoms with Crippen LogP contribution in [0.15, 0.2) is 24.3 Å². The summed E-state index contributed by atoms with van der Waals surface area (Å²) in [6.45, 7) is 3.24. The van der Waals surface area contributed by atoms with Crippen LogP contribution in [-0.4, -0.2) is 127 Å². The van der Waals surface area contributed by atoms with Crippen molar-refractivity contribution >= 4 is 23.5 Å². The lowest BCUT2D eigenvalue weighted by Crippen LogP contribution is -2.82. The summed E-state index contributed by atoms with van der Waals surface area (Å²) >= 11 is 0. The molecule has 5 aliphatic carbocycles. The van der Waals surface area contributed by atoms with E-state index in [-0.39, 0.29) is 90.9 Å². The van der Waals surface area contributed by atoms with Crippen molar-refractivity contribution in [2.75, 3.05) is 53.0 Å². The number of carbonyl (C=O) groups excluding carboxylic acids is 3. The molecule has 16 nitrogen and oxygen atoms in total. The zero-order chi connectivity index (χ0) is 38.5. The standard InChI is InChI=1S/C36H48N2O10.ClHO4/c1-6-37-17-33(18-48-31(41)19-9-7-8-10-22(19)38-25(39)11-12-26(38)40)14-13-24(45-3)35-21-15-20-23(44-2)16-34(42,27(21)28(20)46-4)36(43,32(35)37)30(47-5)29(33)35;2-1(3,4)5/h7-10,20-21,23-24,27-30,32,42-43H,6,11-18H2,1-5H3;(H,2,3,4,5)/t20-,21-,23+,24+,27-,28+,29-,30+,32+,33+,34-,35+,36-;/m1./s1. The maximum Gasteiger partial charge on any atom is 0.340 e. The average molecular weight is 769 g/mol. The van der Waals surface area contributed by atoms with Crippen molar-refractivity contribution in [3.8, 4) is 0 Å². The number of aliphatic hydroxyl groups is 2. The van der Waals surface area contributed by atoms with Crippen molar-refractivity contribution in [3.63, 3.8) is 0 Å². The highest BCUT2D eigenvalue weighted by Gasteiger charge is 2.91. The van der Waals surface area contributed by atoms with Gasteiger partial charge in [0.2, 0.25) is 11.8 Å². The van der Waals surface area contributed by atoms with Gasteiger partial charge in [-0.15, -0.1) is 0 Å². The fourth-order valence-corrected chi connectivity index (χ4v) is 13.0. The molecule has 3 N–H and O–H groups in total. The molecule has 1 spiro atoms. The van der Waals surface area contributed by atoms with E-state index in [0.29, 0.717) is 25.9 Å². The van der Waals surface area contributed by atoms with E-state index in [9.17, 15) is 24.6 Å². The van der Waals surface area contributed by atoms with Crippen LogP contribution in [0.3, 0.4) is 0 Å². The van der Waals surface area contributed by atoms with Crippen molar-refractivity contribution < 1.29 is 77.2 Å². The molecule has 1 aromatic rings. The number of carbonyl (C=O) groups is 3. The molecule has 2 aliphatic heterocycles. The van der Waals surface area contributed by atoms with Gasteiger partial charge in [-0.05, 0) is 43.9 Å². The van der Waals surface area contributed by atoms with E-state index >= 15 is 0 Å². The van der Waals surface area contributed by atoms with Crippen molar-refractivity contribution in [2.24, 2.45) is 34.5 Å². The molecular weight excluding hydrogens is 720 g/mol. The number of imide groups is 1. The Bertz CT molecular complexity index is 1610. The summed E-state index contributed by atoms with van der Waals surface area (Å²) in [5, 5.41) is 26.5. The SMILES string of the molecule is CCN1C[C@]2(COC(=O)c3ccccc3N3C(=O)CCC3=O)CC[C@H](OC)[C@@]34[C@@H]5C[C@H]6[C@H](OC)[C@@H]5[C@](O)(C[C@@H]6OC)[C@@](O)([C@@H](OC)[C@H]23)[C@@H]14.[O-][Cl+3]([O-])([O-])O. The van der Waals surface area contributed by atoms with Crippen molar-refractivity contribution in [2.45, 2.75) is 87.1 Å². The fraction of sp³-hybridized carbons (Fsp3) is 0.750. The van der Waals surface area contributed by atoms with E-state index in [1.165, 1.54) is 0 Å². The first-order valence-corrected chi connectivity index (χ1v) is 19.4. The monoisotopic (exact) mass is 768 g/mol. The Hall–Kier alpha value is -2.32. The number of fused-ring (bicyclic) bond motifs is 2. The Balaban J connectivity index is 0.000000817. The molecule has 2 heterocycles. The summed E-state index contributed by atoms with van der Waals surface area (Å²) in [5.41, 5.74) is -4.15. The van der Waals surface area contributed by atoms with E-state index < -0.39 is 50.4 Å². The summed E-state index contributed by atoms with van der Waals surface area (Å²) in [5.74, 6) is -2.00. The highest BCUT2D eigenvalue weighted by Crippen LogP contribution is 2.80. The second kappa shape index (κ2) is 13.4. The maximum absolute atomic E-state index is 14.0. The second-order valence-corrected chi connectivity index (χ2v) is 16.6. The van der Waals surface area contributed by atoms with Gasteiger partial charge in [-0.1, -0.05) is 19.1 Å². The number of nitrogens with zero attached hydrogens (tertiary/aromatic N) is 2. The van der Waals surface area contributed by atoms with Gasteiger partial charge in [0.15, 0.2) is 0 Å². The number of esters is 1. The van der Waals surface area contributed by atoms with Crippen molar-refractivity contribution in [1.82, 2.24) is 4.90 Å². The number of anilines is 1. The van der Waals surface area contributed by atoms with Crippen molar-refractivity contribution in [1.29, 1.82) is 0 Å². The van der Waals surface area contributed by atoms with E-state index in [1.807, 2.05) is 0 Å². The summed E-state index contributed by atoms with van der Waals surface area (Å²) in [7, 11) is 2.00. The largest absolute Gasteiger partial charge is 0.461 e. The quantitative estimate of drug-likeness (QED) is 0.177. The Morgan fingerprint density at radius 3 is 2.25 bits per heavy atom. The zero-order valence-electron chi connectivity index (χ0n) is 30.5. The number of rotatable bonds is 9. The number of methoxy groups -OCH3 is 4. The minimum Gasteiger partial charge on any atom is -0.461 e. The molecule has 2 saturated heterocycles. The summed E-state index contributed by atoms with van der Waals surface area (Å²) in [4.78, 5) is 42.6. The van der Waals surface area contributed by atoms with Crippen LogP contribution in [0.1, 0.15) is 55.8 Å². The van der Waals surface area contributed by atoms with Gasteiger partial charge < -0.3 is 33.9 Å². The Morgan fingerprint density at radius 2 is 1.66 bits per heavy atom. The van der Waals surface area contributed by atoms with Gasteiger partial charge in [0, 0.05) is 82.8 Å². The van der Waals surface area contributed by atoms with Crippen LogP contribution in [-0.2, 0) is 33.3 Å². The van der Waals surface area contributed by atoms with Crippen LogP contribution >= 0.6 is 0 Å². The third kappa shape index (κ3) is 5.25. The smallest absolute Gasteiger partial charge is 0.340 e. The molecular formula is C36H49ClN2O14. The number of ether oxygens (including phenoxy) is 5. The fourth-order valence-electron chi connectivity index (χ4n) is 13.0. The minimum atomic E-state index is -4.69. The lowest BCUT2D eigenvalue weighted by molar-refractivity contribution is -1.92. The number of hydrogen-bond acceptors (Lipinski definition) is 15. The predicted molar refractivity (Wildman–Crippen MR) is 172 cm³/mol. The van der Waals surface area contributed by atoms with Crippen LogP contribution < -0.4 is 18.9 Å². The normalized spacial score (nSPS) is 43.8. The Labute approximate surface area is 309 Å². The molecule has 7 fully saturated rings. The van der Waals surface area contributed by atoms with Gasteiger partial charge in [0.1, 0.15) is 11.2 Å². The van der Waals surface area contributed by atoms with Crippen LogP contribution in [0, 0.1) is 44.7 Å². The molecule has 0 unspecified atom stereocenters. The zero-order valence-corrected chi connectivity index (χ0v) is 31.2. The third-order valence-corrected chi connectivity index (χ3v) is 14.2. The van der Waals surface area contributed by atoms with E-state index in [0.717, 1.165) is 11.3 Å². The summed E-state index contributed by atoms with van der Waals surface area (Å²) < 4.78 is 64.0. The molecule has 53 heavy (non-hydrogen) atoms. The molecule has 2 amide bonds. The predicted octanol–water partition coefficient (Wildman–Crippen LogP) is -2.33. The van der Waals surface area contributed by atoms with Crippen LogP contribution in [0.4, 0.5) is 5.69 Å². The molecule has 294 valence electrons. The number of amides is 2. The Kier molecular flexibility index (Phi) is 9.85. The molecule has 7 bridgehead atoms. The van der Waals surface area contributed by atoms with E-state index in [1.54, 1.807) is 52.7 Å². The van der Waals surface area contributed by atoms with Crippen LogP contribution in [0.25, 0.3) is 0 Å². The first kappa shape index (κ1) is 38.9. The van der Waals surface area contributed by atoms with Gasteiger partial charge in [0.05, 0.1) is 63.2 Å². The number of para-hydroxylation sites is 1. The number of likely N-dealkylation sites (tertiary alicyclic amines) is 1. The molecule has 13 atom stereocenters. The number of piperidine rings is 1. The maximum atomic E-state index is 14.0. The van der Waals surface area contributed by atoms with E-state index in [4.69, 9.17) is 42.3 Å². The molecule has 0 aromatic heterocycles. The Morgan fingerprint density at radius 1 is 1.00 bits per heavy atom. The molecule has 5 saturated carbocycles. The molecule has 17 heteroatoms. The van der Waals surface area contributed by atoms with Gasteiger partial charge in [0.25, 0.3) is 0 Å². The van der Waals surface area contributed by atoms with Crippen molar-refractivity contribution in [3.05, 3.63) is 29.8 Å². The first-order chi connectivity index (χ1) is 25.0. The van der Waals surface area contributed by atoms with E-state index in [2.05, 4.69) is 11.8 Å². The number of halogens is 1. The third-order valence-electron chi connectivity index (χ3n) is 14.2. The second-order valence-electron chi connectivity index (χ2n) is 15.8. The topological polar surface area (TPSA) is 234 Å². The first-order valence-electron chi connectivity index (χ1n) is 18.1. The minimum absolute atomic E-state index is 0.0394. The lowest BCUT2D eigenvalue weighted by atomic mass is 9.42. The summed E-state index contributed by atoms with van der Waals surface area (Å²) in [6.07, 6.45) is 0.951. The molecule has 7 aliphatic rings. The molecule has 1 aromatic carbocycles. The van der Waals surface area contributed by atoms with Crippen LogP contribution in [0.2, 0.25) is 0 Å². The highest BCUT2D eigenvalue weighted by molar-refractivity contribution is 6.21.